The van der Waals surface area contributed by atoms with Crippen molar-refractivity contribution in [2.45, 2.75) is 12.6 Å². The number of nitrogens with zero attached hydrogens (tertiary/aromatic N) is 1. The summed E-state index contributed by atoms with van der Waals surface area (Å²) in [4.78, 5) is 11.8. The molecule has 2 heterocycles. The second kappa shape index (κ2) is 4.59. The molecule has 0 saturated heterocycles. The molecule has 1 aromatic carbocycles. The topological polar surface area (TPSA) is 66.3 Å². The van der Waals surface area contributed by atoms with Gasteiger partial charge in [-0.25, -0.2) is 0 Å². The number of nitrogens with one attached hydrogen (secondary N) is 2. The zero-order valence-corrected chi connectivity index (χ0v) is 10.5. The summed E-state index contributed by atoms with van der Waals surface area (Å²) in [6.07, 6.45) is -0.635. The van der Waals surface area contributed by atoms with E-state index in [0.29, 0.717) is 18.8 Å². The minimum Gasteiger partial charge on any atom is -0.391 e. The molecule has 0 unspecified atom stereocenters. The molecule has 0 aliphatic carbocycles. The molecule has 19 heavy (non-hydrogen) atoms. The molecule has 0 saturated carbocycles. The Hall–Kier alpha value is -2.01. The van der Waals surface area contributed by atoms with Crippen molar-refractivity contribution in [2.24, 2.45) is 0 Å². The van der Waals surface area contributed by atoms with Crippen LogP contribution in [0.1, 0.15) is 10.5 Å². The van der Waals surface area contributed by atoms with Gasteiger partial charge in [0.05, 0.1) is 6.10 Å². The van der Waals surface area contributed by atoms with E-state index in [1.54, 1.807) is 0 Å². The number of carbonyl (C=O) groups excluding carboxylic acids is 1. The summed E-state index contributed by atoms with van der Waals surface area (Å²) >= 11 is 0. The van der Waals surface area contributed by atoms with E-state index >= 15 is 0 Å². The Morgan fingerprint density at radius 2 is 2.32 bits per heavy atom. The third-order valence-corrected chi connectivity index (χ3v) is 3.30. The molecule has 1 aliphatic rings. The van der Waals surface area contributed by atoms with Gasteiger partial charge in [0.2, 0.25) is 0 Å². The summed E-state index contributed by atoms with van der Waals surface area (Å²) in [6.45, 7) is 5.39. The van der Waals surface area contributed by atoms with Gasteiger partial charge in [-0.3, -0.25) is 4.79 Å². The predicted octanol–water partition coefficient (Wildman–Crippen LogP) is 0.992. The Morgan fingerprint density at radius 1 is 1.47 bits per heavy atom. The minimum atomic E-state index is -0.635. The van der Waals surface area contributed by atoms with Crippen LogP contribution in [0.3, 0.4) is 0 Å². The molecule has 3 rings (SSSR count). The maximum Gasteiger partial charge on any atom is 0.268 e. The van der Waals surface area contributed by atoms with Gasteiger partial charge in [-0.1, -0.05) is 0 Å². The molecule has 99 valence electrons. The van der Waals surface area contributed by atoms with Gasteiger partial charge >= 0.3 is 0 Å². The first-order chi connectivity index (χ1) is 9.15. The fraction of sp³-hybridized carbons (Fsp3) is 0.286. The highest BCUT2D eigenvalue weighted by molar-refractivity contribution is 6.00. The fourth-order valence-electron chi connectivity index (χ4n) is 2.42. The van der Waals surface area contributed by atoms with E-state index in [1.807, 2.05) is 28.8 Å². The molecule has 1 aromatic heterocycles. The van der Waals surface area contributed by atoms with Gasteiger partial charge in [0.15, 0.2) is 0 Å². The highest BCUT2D eigenvalue weighted by Gasteiger charge is 2.19. The number of hydrogen-bond donors (Lipinski definition) is 3. The van der Waals surface area contributed by atoms with Crippen molar-refractivity contribution in [3.63, 3.8) is 0 Å². The molecule has 1 atom stereocenters. The SMILES string of the molecule is [CH2][C@@H](O)CNc1ccc2c(c1)cc1n2CCNC1=O. The van der Waals surface area contributed by atoms with Crippen molar-refractivity contribution >= 4 is 22.5 Å². The van der Waals surface area contributed by atoms with E-state index < -0.39 is 6.10 Å². The number of anilines is 1. The Balaban J connectivity index is 1.98. The zero-order chi connectivity index (χ0) is 13.4. The van der Waals surface area contributed by atoms with Crippen LogP contribution in [0.15, 0.2) is 24.3 Å². The fourth-order valence-corrected chi connectivity index (χ4v) is 2.42. The van der Waals surface area contributed by atoms with Crippen LogP contribution in [0.5, 0.6) is 0 Å². The molecule has 3 N–H and O–H groups in total. The van der Waals surface area contributed by atoms with Crippen LogP contribution in [-0.4, -0.2) is 34.8 Å². The van der Waals surface area contributed by atoms with Gasteiger partial charge in [-0.15, -0.1) is 0 Å². The molecular weight excluding hydrogens is 242 g/mol. The van der Waals surface area contributed by atoms with Crippen molar-refractivity contribution in [2.75, 3.05) is 18.4 Å². The minimum absolute atomic E-state index is 0.0230. The third-order valence-electron chi connectivity index (χ3n) is 3.30. The van der Waals surface area contributed by atoms with E-state index in [1.165, 1.54) is 0 Å². The van der Waals surface area contributed by atoms with Gasteiger partial charge < -0.3 is 20.3 Å². The quantitative estimate of drug-likeness (QED) is 0.769. The number of hydrogen-bond acceptors (Lipinski definition) is 3. The summed E-state index contributed by atoms with van der Waals surface area (Å²) < 4.78 is 2.04. The standard InChI is InChI=1S/C14H16N3O2/c1-9(18)8-16-11-2-3-12-10(6-11)7-13-14(19)15-4-5-17(12)13/h2-3,6-7,9,16,18H,1,4-5,8H2,(H,15,19)/t9-/m1/s1. The highest BCUT2D eigenvalue weighted by atomic mass is 16.3. The van der Waals surface area contributed by atoms with Gasteiger partial charge in [0, 0.05) is 36.2 Å². The summed E-state index contributed by atoms with van der Waals surface area (Å²) in [5.41, 5.74) is 2.68. The molecule has 0 fully saturated rings. The lowest BCUT2D eigenvalue weighted by molar-refractivity contribution is 0.0929. The van der Waals surface area contributed by atoms with E-state index in [4.69, 9.17) is 5.11 Å². The third kappa shape index (κ3) is 2.17. The average Bonchev–Trinajstić information content (AvgIpc) is 2.76. The molecular formula is C14H16N3O2. The van der Waals surface area contributed by atoms with Gasteiger partial charge in [-0.2, -0.15) is 0 Å². The summed E-state index contributed by atoms with van der Waals surface area (Å²) in [6, 6.07) is 7.83. The number of amides is 1. The summed E-state index contributed by atoms with van der Waals surface area (Å²) in [5.74, 6) is -0.0230. The van der Waals surface area contributed by atoms with Crippen LogP contribution in [0.25, 0.3) is 10.9 Å². The van der Waals surface area contributed by atoms with E-state index in [2.05, 4.69) is 17.6 Å². The second-order valence-corrected chi connectivity index (χ2v) is 4.75. The Bertz CT molecular complexity index is 631. The van der Waals surface area contributed by atoms with Crippen LogP contribution < -0.4 is 10.6 Å². The highest BCUT2D eigenvalue weighted by Crippen LogP contribution is 2.24. The molecule has 5 heteroatoms. The lowest BCUT2D eigenvalue weighted by Crippen LogP contribution is -2.34. The van der Waals surface area contributed by atoms with Crippen molar-refractivity contribution in [1.29, 1.82) is 0 Å². The Labute approximate surface area is 111 Å². The molecule has 1 amide bonds. The molecule has 1 radical (unpaired) electrons. The average molecular weight is 258 g/mol. The number of aliphatic hydroxyl groups is 1. The number of benzene rings is 1. The Morgan fingerprint density at radius 3 is 3.11 bits per heavy atom. The van der Waals surface area contributed by atoms with Gasteiger partial charge in [0.25, 0.3) is 5.91 Å². The maximum atomic E-state index is 11.8. The lowest BCUT2D eigenvalue weighted by Gasteiger charge is -2.16. The molecule has 0 spiro atoms. The number of rotatable bonds is 3. The van der Waals surface area contributed by atoms with Crippen LogP contribution in [0, 0.1) is 6.92 Å². The van der Waals surface area contributed by atoms with Crippen molar-refractivity contribution in [1.82, 2.24) is 9.88 Å². The van der Waals surface area contributed by atoms with Crippen LogP contribution >= 0.6 is 0 Å². The van der Waals surface area contributed by atoms with Gasteiger partial charge in [-0.05, 0) is 31.2 Å². The van der Waals surface area contributed by atoms with Crippen LogP contribution in [0.2, 0.25) is 0 Å². The number of aromatic nitrogens is 1. The molecule has 2 aromatic rings. The van der Waals surface area contributed by atoms with Crippen molar-refractivity contribution in [3.05, 3.63) is 36.9 Å². The Kier molecular flexibility index (Phi) is 2.91. The first-order valence-electron chi connectivity index (χ1n) is 6.31. The van der Waals surface area contributed by atoms with Crippen molar-refractivity contribution < 1.29 is 9.90 Å². The number of carbonyl (C=O) groups is 1. The first-order valence-corrected chi connectivity index (χ1v) is 6.31. The first kappa shape index (κ1) is 12.0. The largest absolute Gasteiger partial charge is 0.391 e. The van der Waals surface area contributed by atoms with Crippen LogP contribution in [0.4, 0.5) is 5.69 Å². The van der Waals surface area contributed by atoms with E-state index in [0.717, 1.165) is 23.1 Å². The second-order valence-electron chi connectivity index (χ2n) is 4.75. The van der Waals surface area contributed by atoms with E-state index in [9.17, 15) is 4.79 Å². The van der Waals surface area contributed by atoms with Gasteiger partial charge in [0.1, 0.15) is 5.69 Å². The van der Waals surface area contributed by atoms with E-state index in [-0.39, 0.29) is 5.91 Å². The predicted molar refractivity (Wildman–Crippen MR) is 74.1 cm³/mol. The smallest absolute Gasteiger partial charge is 0.268 e. The molecule has 0 bridgehead atoms. The van der Waals surface area contributed by atoms with Crippen LogP contribution in [-0.2, 0) is 6.54 Å². The zero-order valence-electron chi connectivity index (χ0n) is 10.5. The lowest BCUT2D eigenvalue weighted by atomic mass is 10.2. The molecule has 1 aliphatic heterocycles. The maximum absolute atomic E-state index is 11.8. The summed E-state index contributed by atoms with van der Waals surface area (Å²) in [5, 5.41) is 16.1. The summed E-state index contributed by atoms with van der Waals surface area (Å²) in [7, 11) is 0. The van der Waals surface area contributed by atoms with Crippen molar-refractivity contribution in [3.8, 4) is 0 Å². The number of aliphatic hydroxyl groups excluding tert-OH is 1. The normalized spacial score (nSPS) is 16.0. The molecule has 5 nitrogen and oxygen atoms in total. The number of fused-ring (bicyclic) bond motifs is 3. The monoisotopic (exact) mass is 258 g/mol.